The minimum Gasteiger partial charge on any atom is -0.394 e. The molecule has 0 amide bonds. The molecular formula is C11H15NO6. The summed E-state index contributed by atoms with van der Waals surface area (Å²) >= 11 is 0. The molecule has 7 nitrogen and oxygen atoms in total. The molecule has 100 valence electrons. The Hall–Kier alpha value is -1.54. The van der Waals surface area contributed by atoms with Crippen LogP contribution in [0.25, 0.3) is 0 Å². The molecule has 0 aromatic heterocycles. The molecule has 0 unspecified atom stereocenters. The zero-order chi connectivity index (χ0) is 13.5. The molecule has 2 rings (SSSR count). The summed E-state index contributed by atoms with van der Waals surface area (Å²) in [7, 11) is 0. The number of aliphatic hydroxyl groups excluding tert-OH is 3. The Bertz CT molecular complexity index is 371. The highest BCUT2D eigenvalue weighted by molar-refractivity contribution is 5.27. The van der Waals surface area contributed by atoms with Crippen LogP contribution in [0.4, 0.5) is 5.69 Å². The second-order valence-corrected chi connectivity index (χ2v) is 3.70. The summed E-state index contributed by atoms with van der Waals surface area (Å²) in [5, 5.41) is 36.2. The topological polar surface area (TPSA) is 113 Å². The van der Waals surface area contributed by atoms with Gasteiger partial charge in [0.05, 0.1) is 18.1 Å². The molecule has 3 atom stereocenters. The molecule has 1 heterocycles. The Morgan fingerprint density at radius 3 is 2.22 bits per heavy atom. The first kappa shape index (κ1) is 14.5. The summed E-state index contributed by atoms with van der Waals surface area (Å²) in [5.74, 6) is 0. The summed E-state index contributed by atoms with van der Waals surface area (Å²) in [4.78, 5) is 9.59. The van der Waals surface area contributed by atoms with E-state index in [2.05, 4.69) is 0 Å². The first-order valence-electron chi connectivity index (χ1n) is 5.34. The summed E-state index contributed by atoms with van der Waals surface area (Å²) < 4.78 is 4.78. The smallest absolute Gasteiger partial charge is 0.269 e. The number of rotatable bonds is 2. The first-order valence-corrected chi connectivity index (χ1v) is 5.34. The highest BCUT2D eigenvalue weighted by Gasteiger charge is 2.33. The standard InChI is InChI=1S/C6H5NO2.C5H10O4/c8-7(9)6-4-2-1-3-5-6;6-1-4-5(8)3(7)2-9-4/h1-5H;3-8H,1-2H2/t;3-,4+,5-/m.0/s1. The van der Waals surface area contributed by atoms with Gasteiger partial charge in [-0.2, -0.15) is 0 Å². The number of hydrogen-bond donors (Lipinski definition) is 3. The van der Waals surface area contributed by atoms with E-state index in [1.54, 1.807) is 18.2 Å². The van der Waals surface area contributed by atoms with Crippen molar-refractivity contribution in [1.82, 2.24) is 0 Å². The number of ether oxygens (including phenoxy) is 1. The normalized spacial score (nSPS) is 26.3. The molecule has 1 aromatic rings. The summed E-state index contributed by atoms with van der Waals surface area (Å²) in [6, 6.07) is 7.93. The van der Waals surface area contributed by atoms with Crippen molar-refractivity contribution in [3.05, 3.63) is 40.4 Å². The molecule has 18 heavy (non-hydrogen) atoms. The van der Waals surface area contributed by atoms with Gasteiger partial charge in [-0.1, -0.05) is 18.2 Å². The van der Waals surface area contributed by atoms with E-state index in [0.717, 1.165) is 0 Å². The average molecular weight is 257 g/mol. The Morgan fingerprint density at radius 1 is 1.33 bits per heavy atom. The van der Waals surface area contributed by atoms with Gasteiger partial charge in [0, 0.05) is 12.1 Å². The maximum Gasteiger partial charge on any atom is 0.269 e. The van der Waals surface area contributed by atoms with Gasteiger partial charge in [0.15, 0.2) is 0 Å². The monoisotopic (exact) mass is 257 g/mol. The molecule has 1 aliphatic heterocycles. The van der Waals surface area contributed by atoms with Crippen LogP contribution in [0.15, 0.2) is 30.3 Å². The summed E-state index contributed by atoms with van der Waals surface area (Å²) in [5.41, 5.74) is 0.137. The number of benzene rings is 1. The van der Waals surface area contributed by atoms with E-state index in [-0.39, 0.29) is 18.9 Å². The lowest BCUT2D eigenvalue weighted by Gasteiger charge is -2.10. The maximum absolute atomic E-state index is 10.0. The van der Waals surface area contributed by atoms with Crippen molar-refractivity contribution < 1.29 is 25.0 Å². The summed E-state index contributed by atoms with van der Waals surface area (Å²) in [6.45, 7) is -0.120. The van der Waals surface area contributed by atoms with Gasteiger partial charge in [-0.3, -0.25) is 10.1 Å². The number of hydrogen-bond acceptors (Lipinski definition) is 6. The number of nitro groups is 1. The predicted molar refractivity (Wildman–Crippen MR) is 61.9 cm³/mol. The molecule has 1 aromatic carbocycles. The van der Waals surface area contributed by atoms with Gasteiger partial charge in [-0.25, -0.2) is 0 Å². The van der Waals surface area contributed by atoms with E-state index >= 15 is 0 Å². The fourth-order valence-electron chi connectivity index (χ4n) is 1.38. The van der Waals surface area contributed by atoms with Crippen molar-refractivity contribution in [3.63, 3.8) is 0 Å². The third-order valence-electron chi connectivity index (χ3n) is 2.40. The van der Waals surface area contributed by atoms with Crippen LogP contribution in [0.2, 0.25) is 0 Å². The van der Waals surface area contributed by atoms with E-state index in [0.29, 0.717) is 0 Å². The lowest BCUT2D eigenvalue weighted by atomic mass is 10.2. The molecule has 1 fully saturated rings. The van der Waals surface area contributed by atoms with Gasteiger partial charge in [0.25, 0.3) is 5.69 Å². The van der Waals surface area contributed by atoms with Gasteiger partial charge in [-0.05, 0) is 0 Å². The number of aliphatic hydroxyl groups is 3. The van der Waals surface area contributed by atoms with E-state index < -0.39 is 23.2 Å². The quantitative estimate of drug-likeness (QED) is 0.495. The molecule has 1 saturated heterocycles. The fraction of sp³-hybridized carbons (Fsp3) is 0.455. The van der Waals surface area contributed by atoms with Crippen molar-refractivity contribution in [1.29, 1.82) is 0 Å². The Morgan fingerprint density at radius 2 is 1.94 bits per heavy atom. The van der Waals surface area contributed by atoms with Crippen molar-refractivity contribution in [3.8, 4) is 0 Å². The Labute approximate surface area is 103 Å². The second kappa shape index (κ2) is 7.02. The predicted octanol–water partition coefficient (Wildman–Crippen LogP) is -0.306. The molecular weight excluding hydrogens is 242 g/mol. The molecule has 1 aliphatic rings. The lowest BCUT2D eigenvalue weighted by Crippen LogP contribution is -2.31. The third kappa shape index (κ3) is 4.04. The molecule has 0 aliphatic carbocycles. The van der Waals surface area contributed by atoms with Gasteiger partial charge in [-0.15, -0.1) is 0 Å². The van der Waals surface area contributed by atoms with E-state index in [1.807, 2.05) is 0 Å². The molecule has 0 bridgehead atoms. The van der Waals surface area contributed by atoms with E-state index in [4.69, 9.17) is 20.1 Å². The van der Waals surface area contributed by atoms with Crippen LogP contribution in [0.1, 0.15) is 0 Å². The number of para-hydroxylation sites is 1. The van der Waals surface area contributed by atoms with Crippen molar-refractivity contribution >= 4 is 5.69 Å². The van der Waals surface area contributed by atoms with Crippen LogP contribution < -0.4 is 0 Å². The molecule has 0 spiro atoms. The van der Waals surface area contributed by atoms with Crippen LogP contribution in [-0.2, 0) is 4.74 Å². The first-order chi connectivity index (χ1) is 8.56. The number of nitro benzene ring substituents is 1. The van der Waals surface area contributed by atoms with Crippen molar-refractivity contribution in [2.24, 2.45) is 0 Å². The van der Waals surface area contributed by atoms with E-state index in [9.17, 15) is 10.1 Å². The number of nitrogens with zero attached hydrogens (tertiary/aromatic N) is 1. The lowest BCUT2D eigenvalue weighted by molar-refractivity contribution is -0.384. The average Bonchev–Trinajstić information content (AvgIpc) is 2.71. The molecule has 0 radical (unpaired) electrons. The van der Waals surface area contributed by atoms with E-state index in [1.165, 1.54) is 12.1 Å². The van der Waals surface area contributed by atoms with Crippen molar-refractivity contribution in [2.45, 2.75) is 18.3 Å². The highest BCUT2D eigenvalue weighted by Crippen LogP contribution is 2.12. The second-order valence-electron chi connectivity index (χ2n) is 3.70. The van der Waals surface area contributed by atoms with Gasteiger partial charge in [0.1, 0.15) is 18.3 Å². The van der Waals surface area contributed by atoms with Gasteiger partial charge in [0.2, 0.25) is 0 Å². The fourth-order valence-corrected chi connectivity index (χ4v) is 1.38. The van der Waals surface area contributed by atoms with Crippen LogP contribution in [0, 0.1) is 10.1 Å². The van der Waals surface area contributed by atoms with Crippen molar-refractivity contribution in [2.75, 3.05) is 13.2 Å². The molecule has 7 heteroatoms. The maximum atomic E-state index is 10.0. The third-order valence-corrected chi connectivity index (χ3v) is 2.40. The largest absolute Gasteiger partial charge is 0.394 e. The minimum atomic E-state index is -0.921. The Balaban J connectivity index is 0.000000180. The van der Waals surface area contributed by atoms with Crippen LogP contribution >= 0.6 is 0 Å². The SMILES string of the molecule is O=[N+]([O-])c1ccccc1.OC[C@H]1OC[C@H](O)[C@@H]1O. The van der Waals surface area contributed by atoms with Gasteiger partial charge >= 0.3 is 0 Å². The highest BCUT2D eigenvalue weighted by atomic mass is 16.6. The van der Waals surface area contributed by atoms with Gasteiger partial charge < -0.3 is 20.1 Å². The Kier molecular flexibility index (Phi) is 5.66. The molecule has 3 N–H and O–H groups in total. The van der Waals surface area contributed by atoms with Crippen LogP contribution in [0.3, 0.4) is 0 Å². The number of non-ortho nitro benzene ring substituents is 1. The minimum absolute atomic E-state index is 0.117. The summed E-state index contributed by atoms with van der Waals surface area (Å²) in [6.07, 6.45) is -2.35. The molecule has 0 saturated carbocycles. The van der Waals surface area contributed by atoms with Crippen LogP contribution in [-0.4, -0.2) is 51.8 Å². The zero-order valence-electron chi connectivity index (χ0n) is 9.55. The zero-order valence-corrected chi connectivity index (χ0v) is 9.55. The van der Waals surface area contributed by atoms with Crippen LogP contribution in [0.5, 0.6) is 0 Å².